The average Bonchev–Trinajstić information content (AvgIpc) is 3.00. The van der Waals surface area contributed by atoms with Gasteiger partial charge in [0, 0.05) is 37.1 Å². The van der Waals surface area contributed by atoms with E-state index in [0.717, 1.165) is 12.3 Å². The monoisotopic (exact) mass is 471 g/mol. The van der Waals surface area contributed by atoms with E-state index in [1.54, 1.807) is 16.2 Å². The van der Waals surface area contributed by atoms with E-state index in [4.69, 9.17) is 0 Å². The van der Waals surface area contributed by atoms with Gasteiger partial charge in [0.1, 0.15) is 11.6 Å². The molecular weight excluding hydrogens is 448 g/mol. The maximum absolute atomic E-state index is 13.2. The van der Waals surface area contributed by atoms with Crippen molar-refractivity contribution in [1.82, 2.24) is 4.98 Å². The fourth-order valence-corrected chi connectivity index (χ4v) is 4.33. The summed E-state index contributed by atoms with van der Waals surface area (Å²) in [5.74, 6) is -1.47. The number of aromatic amines is 1. The number of hydrogen-bond acceptors (Lipinski definition) is 3. The van der Waals surface area contributed by atoms with Gasteiger partial charge in [0.05, 0.1) is 4.90 Å². The van der Waals surface area contributed by atoms with Crippen LogP contribution in [0.2, 0.25) is 0 Å². The third kappa shape index (κ3) is 6.67. The number of hydrogen-bond donors (Lipinski definition) is 1. The van der Waals surface area contributed by atoms with Gasteiger partial charge in [-0.2, -0.15) is 8.78 Å². The van der Waals surface area contributed by atoms with E-state index >= 15 is 0 Å². The highest BCUT2D eigenvalue weighted by molar-refractivity contribution is 7.90. The average molecular weight is 471 g/mol. The molecule has 2 atom stereocenters. The molecule has 2 aromatic rings. The third-order valence-electron chi connectivity index (χ3n) is 4.62. The predicted octanol–water partition coefficient (Wildman–Crippen LogP) is 5.12. The number of aromatic nitrogens is 1. The number of fused-ring (bicyclic) bond motifs is 1. The van der Waals surface area contributed by atoms with Gasteiger partial charge < -0.3 is 9.72 Å². The molecule has 1 aliphatic carbocycles. The molecule has 11 heteroatoms. The zero-order chi connectivity index (χ0) is 22.9. The van der Waals surface area contributed by atoms with Gasteiger partial charge in [0.15, 0.2) is 9.84 Å². The molecule has 0 bridgehead atoms. The zero-order valence-corrected chi connectivity index (χ0v) is 18.6. The highest BCUT2D eigenvalue weighted by atomic mass is 32.2. The van der Waals surface area contributed by atoms with E-state index in [9.17, 15) is 30.4 Å². The summed E-state index contributed by atoms with van der Waals surface area (Å²) in [7, 11) is -1.71. The number of benzene rings is 1. The highest BCUT2D eigenvalue weighted by Crippen LogP contribution is 2.41. The molecule has 1 aliphatic rings. The van der Waals surface area contributed by atoms with Crippen molar-refractivity contribution in [2.24, 2.45) is 5.92 Å². The first-order valence-electron chi connectivity index (χ1n) is 8.97. The largest absolute Gasteiger partial charge is 0.433 e. The van der Waals surface area contributed by atoms with Gasteiger partial charge in [0.25, 0.3) is 5.66 Å². The summed E-state index contributed by atoms with van der Waals surface area (Å²) in [5.41, 5.74) is -1.10. The summed E-state index contributed by atoms with van der Waals surface area (Å²) in [4.78, 5) is 3.06. The molecular formula is C19H23F5NO3PS. The van der Waals surface area contributed by atoms with Crippen molar-refractivity contribution < 1.29 is 35.1 Å². The van der Waals surface area contributed by atoms with Gasteiger partial charge in [-0.1, -0.05) is 15.3 Å². The number of alkyl halides is 4. The molecule has 0 amide bonds. The summed E-state index contributed by atoms with van der Waals surface area (Å²) >= 11 is 0. The first-order chi connectivity index (χ1) is 13.6. The van der Waals surface area contributed by atoms with Crippen LogP contribution >= 0.6 is 9.24 Å². The van der Waals surface area contributed by atoms with Crippen molar-refractivity contribution in [3.63, 3.8) is 0 Å². The molecule has 1 heterocycles. The Morgan fingerprint density at radius 1 is 1.23 bits per heavy atom. The first-order valence-corrected chi connectivity index (χ1v) is 11.4. The number of H-pyrrole nitrogens is 1. The zero-order valence-electron chi connectivity index (χ0n) is 16.6. The van der Waals surface area contributed by atoms with E-state index in [2.05, 4.69) is 9.72 Å². The molecule has 0 saturated heterocycles. The van der Waals surface area contributed by atoms with Gasteiger partial charge in [-0.25, -0.2) is 21.6 Å². The van der Waals surface area contributed by atoms with Crippen molar-refractivity contribution in [3.05, 3.63) is 47.0 Å². The fourth-order valence-electron chi connectivity index (χ4n) is 3.10. The smallest absolute Gasteiger partial charge is 0.394 e. The van der Waals surface area contributed by atoms with Crippen LogP contribution in [0.15, 0.2) is 29.3 Å². The van der Waals surface area contributed by atoms with Gasteiger partial charge in [0.2, 0.25) is 0 Å². The maximum Gasteiger partial charge on any atom is 0.394 e. The van der Waals surface area contributed by atoms with Gasteiger partial charge in [-0.3, -0.25) is 0 Å². The Kier molecular flexibility index (Phi) is 7.24. The molecule has 2 unspecified atom stereocenters. The maximum atomic E-state index is 13.2. The minimum absolute atomic E-state index is 0.171. The minimum Gasteiger partial charge on any atom is -0.433 e. The van der Waals surface area contributed by atoms with Crippen LogP contribution in [0.3, 0.4) is 0 Å². The summed E-state index contributed by atoms with van der Waals surface area (Å²) in [5, 5.41) is 0. The molecule has 3 rings (SSSR count). The van der Waals surface area contributed by atoms with Crippen LogP contribution in [0, 0.1) is 18.7 Å². The second-order valence-corrected chi connectivity index (χ2v) is 10.1. The minimum atomic E-state index is -3.28. The number of nitrogens with one attached hydrogen (secondary N) is 1. The van der Waals surface area contributed by atoms with E-state index in [1.165, 1.54) is 18.3 Å². The van der Waals surface area contributed by atoms with Crippen molar-refractivity contribution >= 4 is 19.1 Å². The van der Waals surface area contributed by atoms with Crippen LogP contribution < -0.4 is 4.74 Å². The van der Waals surface area contributed by atoms with Crippen molar-refractivity contribution in [2.45, 2.75) is 49.8 Å². The molecule has 1 N–H and O–H groups in total. The Balaban J connectivity index is 0.000000222. The second kappa shape index (κ2) is 8.83. The Morgan fingerprint density at radius 2 is 1.87 bits per heavy atom. The molecule has 30 heavy (non-hydrogen) atoms. The SMILES string of the molecule is CS(=O)(=O)c1c[nH]c2c1CCC(C(F)(F)P)C2.Cc1ccc(OC(C)(F)F)cc1F. The third-order valence-corrected chi connectivity index (χ3v) is 6.25. The van der Waals surface area contributed by atoms with Gasteiger partial charge in [-0.15, -0.1) is 0 Å². The van der Waals surface area contributed by atoms with Crippen LogP contribution in [0.25, 0.3) is 0 Å². The summed E-state index contributed by atoms with van der Waals surface area (Å²) in [6.45, 7) is 2.15. The molecule has 0 spiro atoms. The Labute approximate surface area is 174 Å². The van der Waals surface area contributed by atoms with Gasteiger partial charge in [-0.05, 0) is 43.4 Å². The molecule has 0 radical (unpaired) electrons. The number of rotatable bonds is 4. The Hall–Kier alpha value is -1.67. The fraction of sp³-hybridized carbons (Fsp3) is 0.474. The highest BCUT2D eigenvalue weighted by Gasteiger charge is 2.38. The summed E-state index contributed by atoms with van der Waals surface area (Å²) in [6.07, 6.45) is 0.152. The standard InChI is InChI=1S/C10H14F2NO2PS.C9H9F3O/c1-17(14,15)9-5-13-8-4-6(10(11,12)16)2-3-7(8)9;1-6-3-4-7(5-8(6)10)13-9(2,11)12/h5-6,13H,2-4,16H2,1H3;3-5H,1-2H3. The van der Waals surface area contributed by atoms with E-state index in [-0.39, 0.29) is 17.1 Å². The van der Waals surface area contributed by atoms with Crippen LogP contribution in [0.5, 0.6) is 5.75 Å². The lowest BCUT2D eigenvalue weighted by atomic mass is 9.88. The molecule has 1 aromatic carbocycles. The Bertz CT molecular complexity index is 997. The van der Waals surface area contributed by atoms with Crippen molar-refractivity contribution in [2.75, 3.05) is 6.26 Å². The van der Waals surface area contributed by atoms with Crippen molar-refractivity contribution in [1.29, 1.82) is 0 Å². The lowest BCUT2D eigenvalue weighted by molar-refractivity contribution is -0.159. The van der Waals surface area contributed by atoms with Crippen molar-refractivity contribution in [3.8, 4) is 5.75 Å². The predicted molar refractivity (Wildman–Crippen MR) is 106 cm³/mol. The normalized spacial score (nSPS) is 17.0. The quantitative estimate of drug-likeness (QED) is 0.498. The molecule has 0 aliphatic heterocycles. The van der Waals surface area contributed by atoms with E-state index in [1.807, 2.05) is 0 Å². The molecule has 4 nitrogen and oxygen atoms in total. The topological polar surface area (TPSA) is 59.2 Å². The number of halogens is 5. The molecule has 1 aromatic heterocycles. The molecule has 0 saturated carbocycles. The molecule has 168 valence electrons. The lowest BCUT2D eigenvalue weighted by Gasteiger charge is -2.27. The second-order valence-electron chi connectivity index (χ2n) is 7.32. The van der Waals surface area contributed by atoms with Crippen LogP contribution in [-0.4, -0.2) is 31.4 Å². The summed E-state index contributed by atoms with van der Waals surface area (Å²) in [6, 6.07) is 3.62. The van der Waals surface area contributed by atoms with Crippen LogP contribution in [-0.2, 0) is 22.7 Å². The van der Waals surface area contributed by atoms with Crippen LogP contribution in [0.4, 0.5) is 22.0 Å². The van der Waals surface area contributed by atoms with Gasteiger partial charge >= 0.3 is 6.11 Å². The lowest BCUT2D eigenvalue weighted by Crippen LogP contribution is -2.27. The first kappa shape index (κ1) is 24.6. The number of aryl methyl sites for hydroxylation is 1. The molecule has 0 fully saturated rings. The van der Waals surface area contributed by atoms with E-state index < -0.39 is 33.3 Å². The summed E-state index contributed by atoms with van der Waals surface area (Å²) < 4.78 is 90.9. The number of sulfone groups is 1. The van der Waals surface area contributed by atoms with Crippen LogP contribution in [0.1, 0.15) is 30.2 Å². The van der Waals surface area contributed by atoms with E-state index in [0.29, 0.717) is 36.6 Å². The number of ether oxygens (including phenoxy) is 1. The Morgan fingerprint density at radius 3 is 2.37 bits per heavy atom.